The van der Waals surface area contributed by atoms with Crippen LogP contribution in [0.2, 0.25) is 0 Å². The Morgan fingerprint density at radius 2 is 1.76 bits per heavy atom. The zero-order valence-electron chi connectivity index (χ0n) is 13.5. The molecule has 1 amide bonds. The van der Waals surface area contributed by atoms with Crippen molar-refractivity contribution >= 4 is 34.6 Å². The summed E-state index contributed by atoms with van der Waals surface area (Å²) in [6, 6.07) is 10.9. The quantitative estimate of drug-likeness (QED) is 0.675. The maximum Gasteiger partial charge on any atom is 0.221 e. The summed E-state index contributed by atoms with van der Waals surface area (Å²) in [7, 11) is 0. The van der Waals surface area contributed by atoms with Crippen LogP contribution in [0.1, 0.15) is 6.92 Å². The van der Waals surface area contributed by atoms with E-state index in [0.29, 0.717) is 23.0 Å². The molecule has 0 aliphatic rings. The van der Waals surface area contributed by atoms with Crippen molar-refractivity contribution in [2.75, 3.05) is 34.4 Å². The molecule has 1 heterocycles. The number of carbonyl (C=O) groups excluding carboxylic acids is 1. The monoisotopic (exact) mass is 336 g/mol. The number of hydrogen-bond acceptors (Lipinski definition) is 8. The van der Waals surface area contributed by atoms with Crippen LogP contribution >= 0.6 is 0 Å². The van der Waals surface area contributed by atoms with Crippen LogP contribution in [0.5, 0.6) is 0 Å². The van der Waals surface area contributed by atoms with Crippen LogP contribution in [0.4, 0.5) is 28.7 Å². The van der Waals surface area contributed by atoms with Gasteiger partial charge in [-0.15, -0.1) is 0 Å². The summed E-state index contributed by atoms with van der Waals surface area (Å²) in [6.45, 7) is 1.41. The number of anilines is 5. The Labute approximate surface area is 144 Å². The normalized spacial score (nSPS) is 9.56. The van der Waals surface area contributed by atoms with Gasteiger partial charge in [-0.1, -0.05) is 0 Å². The van der Waals surface area contributed by atoms with Gasteiger partial charge in [0, 0.05) is 18.3 Å². The van der Waals surface area contributed by atoms with Crippen LogP contribution < -0.4 is 21.3 Å². The first kappa shape index (κ1) is 17.5. The molecule has 126 valence electrons. The Hall–Kier alpha value is -3.85. The van der Waals surface area contributed by atoms with Gasteiger partial charge in [0.15, 0.2) is 11.6 Å². The largest absolute Gasteiger partial charge is 0.393 e. The zero-order valence-corrected chi connectivity index (χ0v) is 13.5. The van der Waals surface area contributed by atoms with E-state index in [1.807, 2.05) is 12.1 Å². The van der Waals surface area contributed by atoms with Crippen LogP contribution in [-0.4, -0.2) is 29.0 Å². The fourth-order valence-electron chi connectivity index (χ4n) is 2.09. The molecule has 0 aliphatic heterocycles. The lowest BCUT2D eigenvalue weighted by Gasteiger charge is -2.20. The molecule has 9 nitrogen and oxygen atoms in total. The molecule has 1 aromatic heterocycles. The summed E-state index contributed by atoms with van der Waals surface area (Å²) >= 11 is 0. The Morgan fingerprint density at radius 3 is 2.32 bits per heavy atom. The van der Waals surface area contributed by atoms with Crippen molar-refractivity contribution in [3.05, 3.63) is 30.6 Å². The first-order valence-corrected chi connectivity index (χ1v) is 7.29. The number of amides is 1. The van der Waals surface area contributed by atoms with Crippen molar-refractivity contribution in [1.29, 1.82) is 10.5 Å². The molecule has 0 radical (unpaired) electrons. The first-order valence-electron chi connectivity index (χ1n) is 7.29. The summed E-state index contributed by atoms with van der Waals surface area (Å²) in [6.07, 6.45) is 1.31. The maximum atomic E-state index is 11.0. The highest BCUT2D eigenvalue weighted by Gasteiger charge is 2.15. The second kappa shape index (κ2) is 8.13. The molecule has 0 aliphatic carbocycles. The van der Waals surface area contributed by atoms with Crippen molar-refractivity contribution in [3.8, 4) is 12.1 Å². The highest BCUT2D eigenvalue weighted by atomic mass is 16.1. The van der Waals surface area contributed by atoms with Crippen LogP contribution in [0.15, 0.2) is 30.6 Å². The standard InChI is InChI=1S/C16H16N8O/c1-11(25)22-12-2-4-13(5-3-12)23-15-14(19)16(21-10-20-15)24(8-6-17)9-7-18/h2-5,10H,8-9,19H2,1H3,(H,22,25)(H,20,21,23). The molecular formula is C16H16N8O. The highest BCUT2D eigenvalue weighted by Crippen LogP contribution is 2.28. The molecule has 0 unspecified atom stereocenters. The molecule has 1 aromatic carbocycles. The molecule has 0 saturated heterocycles. The number of nitrogens with one attached hydrogen (secondary N) is 2. The van der Waals surface area contributed by atoms with Gasteiger partial charge in [0.2, 0.25) is 5.91 Å². The van der Waals surface area contributed by atoms with E-state index in [1.165, 1.54) is 18.2 Å². The summed E-state index contributed by atoms with van der Waals surface area (Å²) in [5.41, 5.74) is 7.69. The van der Waals surface area contributed by atoms with Crippen molar-refractivity contribution in [2.24, 2.45) is 0 Å². The molecule has 0 saturated carbocycles. The van der Waals surface area contributed by atoms with E-state index in [-0.39, 0.29) is 24.7 Å². The van der Waals surface area contributed by atoms with Crippen LogP contribution in [0.25, 0.3) is 0 Å². The zero-order chi connectivity index (χ0) is 18.2. The average molecular weight is 336 g/mol. The number of nitrogens with zero attached hydrogens (tertiary/aromatic N) is 5. The number of nitrogens with two attached hydrogens (primary N) is 1. The molecule has 25 heavy (non-hydrogen) atoms. The number of rotatable bonds is 6. The lowest BCUT2D eigenvalue weighted by Crippen LogP contribution is -2.26. The summed E-state index contributed by atoms with van der Waals surface area (Å²) in [5, 5.41) is 23.5. The average Bonchev–Trinajstić information content (AvgIpc) is 2.58. The lowest BCUT2D eigenvalue weighted by atomic mass is 10.2. The van der Waals surface area contributed by atoms with E-state index in [0.717, 1.165) is 0 Å². The predicted octanol–water partition coefficient (Wildman–Crippen LogP) is 1.61. The number of aromatic nitrogens is 2. The third-order valence-electron chi connectivity index (χ3n) is 3.15. The van der Waals surface area contributed by atoms with Gasteiger partial charge in [-0.3, -0.25) is 4.79 Å². The summed E-state index contributed by atoms with van der Waals surface area (Å²) in [4.78, 5) is 20.7. The van der Waals surface area contributed by atoms with Crippen molar-refractivity contribution in [3.63, 3.8) is 0 Å². The van der Waals surface area contributed by atoms with Crippen LogP contribution in [-0.2, 0) is 4.79 Å². The smallest absolute Gasteiger partial charge is 0.221 e. The fraction of sp³-hybridized carbons (Fsp3) is 0.188. The molecule has 4 N–H and O–H groups in total. The van der Waals surface area contributed by atoms with Gasteiger partial charge in [-0.05, 0) is 24.3 Å². The first-order chi connectivity index (χ1) is 12.0. The van der Waals surface area contributed by atoms with Crippen molar-refractivity contribution in [1.82, 2.24) is 9.97 Å². The third-order valence-corrected chi connectivity index (χ3v) is 3.15. The van der Waals surface area contributed by atoms with Crippen LogP contribution in [0, 0.1) is 22.7 Å². The SMILES string of the molecule is CC(=O)Nc1ccc(Nc2ncnc(N(CC#N)CC#N)c2N)cc1. The minimum Gasteiger partial charge on any atom is -0.393 e. The molecular weight excluding hydrogens is 320 g/mol. The third kappa shape index (κ3) is 4.56. The van der Waals surface area contributed by atoms with Gasteiger partial charge in [0.1, 0.15) is 25.1 Å². The Kier molecular flexibility index (Phi) is 5.69. The number of carbonyl (C=O) groups is 1. The van der Waals surface area contributed by atoms with E-state index in [4.69, 9.17) is 16.3 Å². The fourth-order valence-corrected chi connectivity index (χ4v) is 2.09. The second-order valence-corrected chi connectivity index (χ2v) is 5.02. The van der Waals surface area contributed by atoms with E-state index in [1.54, 1.807) is 24.3 Å². The van der Waals surface area contributed by atoms with Gasteiger partial charge in [0.05, 0.1) is 12.1 Å². The molecule has 2 aromatic rings. The van der Waals surface area contributed by atoms with Crippen molar-refractivity contribution in [2.45, 2.75) is 6.92 Å². The lowest BCUT2D eigenvalue weighted by molar-refractivity contribution is -0.114. The predicted molar refractivity (Wildman–Crippen MR) is 93.9 cm³/mol. The van der Waals surface area contributed by atoms with Gasteiger partial charge in [-0.25, -0.2) is 9.97 Å². The summed E-state index contributed by atoms with van der Waals surface area (Å²) < 4.78 is 0. The minimum atomic E-state index is -0.152. The topological polar surface area (TPSA) is 144 Å². The summed E-state index contributed by atoms with van der Waals surface area (Å²) in [5.74, 6) is 0.522. The van der Waals surface area contributed by atoms with E-state index in [9.17, 15) is 4.79 Å². The van der Waals surface area contributed by atoms with Crippen LogP contribution in [0.3, 0.4) is 0 Å². The second-order valence-electron chi connectivity index (χ2n) is 5.02. The molecule has 0 spiro atoms. The molecule has 2 rings (SSSR count). The Balaban J connectivity index is 2.23. The molecule has 9 heteroatoms. The highest BCUT2D eigenvalue weighted by molar-refractivity contribution is 5.89. The number of hydrogen-bond donors (Lipinski definition) is 3. The Bertz CT molecular complexity index is 819. The van der Waals surface area contributed by atoms with Gasteiger partial charge < -0.3 is 21.3 Å². The van der Waals surface area contributed by atoms with E-state index < -0.39 is 0 Å². The molecule has 0 bridgehead atoms. The molecule has 0 atom stereocenters. The number of nitrogen functional groups attached to an aromatic ring is 1. The maximum absolute atomic E-state index is 11.0. The van der Waals surface area contributed by atoms with Gasteiger partial charge in [-0.2, -0.15) is 10.5 Å². The van der Waals surface area contributed by atoms with Crippen molar-refractivity contribution < 1.29 is 4.79 Å². The minimum absolute atomic E-state index is 0.0143. The Morgan fingerprint density at radius 1 is 1.16 bits per heavy atom. The number of benzene rings is 1. The van der Waals surface area contributed by atoms with Gasteiger partial charge in [0.25, 0.3) is 0 Å². The van der Waals surface area contributed by atoms with E-state index >= 15 is 0 Å². The van der Waals surface area contributed by atoms with E-state index in [2.05, 4.69) is 20.6 Å². The number of nitriles is 2. The molecule has 0 fully saturated rings. The van der Waals surface area contributed by atoms with Gasteiger partial charge >= 0.3 is 0 Å².